The summed E-state index contributed by atoms with van der Waals surface area (Å²) in [5.41, 5.74) is 3.21. The molecule has 0 bridgehead atoms. The van der Waals surface area contributed by atoms with Crippen LogP contribution >= 0.6 is 27.5 Å². The second-order valence-electron chi connectivity index (χ2n) is 6.08. The topological polar surface area (TPSA) is 41.1 Å². The summed E-state index contributed by atoms with van der Waals surface area (Å²) >= 11 is 9.41. The molecule has 2 amide bonds. The normalized spacial score (nSPS) is 15.1. The van der Waals surface area contributed by atoms with E-state index in [0.29, 0.717) is 6.54 Å². The van der Waals surface area contributed by atoms with Crippen LogP contribution in [-0.2, 0) is 5.41 Å². The molecule has 0 aliphatic heterocycles. The van der Waals surface area contributed by atoms with Crippen molar-refractivity contribution in [3.05, 3.63) is 63.1 Å². The Kier molecular flexibility index (Phi) is 4.64. The molecule has 3 rings (SSSR count). The first-order valence-corrected chi connectivity index (χ1v) is 8.73. The van der Waals surface area contributed by atoms with E-state index in [4.69, 9.17) is 11.6 Å². The summed E-state index contributed by atoms with van der Waals surface area (Å²) in [6.07, 6.45) is 2.17. The van der Waals surface area contributed by atoms with Crippen molar-refractivity contribution in [3.63, 3.8) is 0 Å². The average Bonchev–Trinajstić information content (AvgIpc) is 3.30. The van der Waals surface area contributed by atoms with Gasteiger partial charge in [-0.05, 0) is 71.1 Å². The number of nitrogens with one attached hydrogen (secondary N) is 2. The summed E-state index contributed by atoms with van der Waals surface area (Å²) in [5, 5.41) is 6.60. The highest BCUT2D eigenvalue weighted by atomic mass is 79.9. The van der Waals surface area contributed by atoms with Crippen LogP contribution in [0.2, 0.25) is 5.02 Å². The maximum absolute atomic E-state index is 12.1. The summed E-state index contributed by atoms with van der Waals surface area (Å²) in [6.45, 7) is 2.64. The second-order valence-corrected chi connectivity index (χ2v) is 7.37. The SMILES string of the molecule is Cc1ccc(NC(=O)NCC2(c3ccc(Cl)cc3)CC2)c(Br)c1. The minimum absolute atomic E-state index is 0.0619. The standard InChI is InChI=1S/C18H18BrClN2O/c1-12-2-7-16(15(19)10-12)22-17(23)21-11-18(8-9-18)13-3-5-14(20)6-4-13/h2-7,10H,8-9,11H2,1H3,(H2,21,22,23). The number of hydrogen-bond donors (Lipinski definition) is 2. The predicted molar refractivity (Wildman–Crippen MR) is 98.3 cm³/mol. The first-order chi connectivity index (χ1) is 11.0. The number of carbonyl (C=O) groups is 1. The van der Waals surface area contributed by atoms with Crippen LogP contribution in [0.5, 0.6) is 0 Å². The number of amides is 2. The Balaban J connectivity index is 1.59. The highest BCUT2D eigenvalue weighted by Gasteiger charge is 2.44. The van der Waals surface area contributed by atoms with Gasteiger partial charge in [-0.25, -0.2) is 4.79 Å². The highest BCUT2D eigenvalue weighted by Crippen LogP contribution is 2.47. The van der Waals surface area contributed by atoms with Gasteiger partial charge in [0.05, 0.1) is 5.69 Å². The van der Waals surface area contributed by atoms with E-state index in [0.717, 1.165) is 33.6 Å². The molecule has 1 saturated carbocycles. The van der Waals surface area contributed by atoms with E-state index in [1.54, 1.807) is 0 Å². The van der Waals surface area contributed by atoms with Gasteiger partial charge in [-0.1, -0.05) is 29.8 Å². The second kappa shape index (κ2) is 6.54. The Hall–Kier alpha value is -1.52. The largest absolute Gasteiger partial charge is 0.337 e. The van der Waals surface area contributed by atoms with Gasteiger partial charge in [0.1, 0.15) is 0 Å². The zero-order chi connectivity index (χ0) is 16.4. The fourth-order valence-electron chi connectivity index (χ4n) is 2.66. The lowest BCUT2D eigenvalue weighted by molar-refractivity contribution is 0.251. The molecular weight excluding hydrogens is 376 g/mol. The molecular formula is C18H18BrClN2O. The lowest BCUT2D eigenvalue weighted by Crippen LogP contribution is -2.35. The molecule has 23 heavy (non-hydrogen) atoms. The molecule has 1 fully saturated rings. The molecule has 0 unspecified atom stereocenters. The number of anilines is 1. The molecule has 0 heterocycles. The molecule has 0 saturated heterocycles. The summed E-state index contributed by atoms with van der Waals surface area (Å²) in [5.74, 6) is 0. The molecule has 0 spiro atoms. The van der Waals surface area contributed by atoms with Gasteiger partial charge in [0.15, 0.2) is 0 Å². The lowest BCUT2D eigenvalue weighted by atomic mass is 9.96. The number of rotatable bonds is 4. The Morgan fingerprint density at radius 3 is 2.52 bits per heavy atom. The van der Waals surface area contributed by atoms with Crippen LogP contribution in [0.4, 0.5) is 10.5 Å². The molecule has 2 aromatic rings. The van der Waals surface area contributed by atoms with E-state index < -0.39 is 0 Å². The van der Waals surface area contributed by atoms with Crippen molar-refractivity contribution in [1.29, 1.82) is 0 Å². The van der Waals surface area contributed by atoms with E-state index in [1.165, 1.54) is 5.56 Å². The zero-order valence-corrected chi connectivity index (χ0v) is 15.2. The van der Waals surface area contributed by atoms with E-state index in [1.807, 2.05) is 49.4 Å². The Bertz CT molecular complexity index is 726. The predicted octanol–water partition coefficient (Wildman–Crippen LogP) is 5.26. The maximum atomic E-state index is 12.1. The van der Waals surface area contributed by atoms with Crippen LogP contribution in [0.3, 0.4) is 0 Å². The van der Waals surface area contributed by atoms with E-state index in [9.17, 15) is 4.79 Å². The van der Waals surface area contributed by atoms with Crippen LogP contribution in [0, 0.1) is 6.92 Å². The molecule has 3 nitrogen and oxygen atoms in total. The van der Waals surface area contributed by atoms with Crippen LogP contribution in [0.15, 0.2) is 46.9 Å². The molecule has 1 aliphatic rings. The number of carbonyl (C=O) groups excluding carboxylic acids is 1. The number of benzene rings is 2. The first-order valence-electron chi connectivity index (χ1n) is 7.56. The number of aryl methyl sites for hydroxylation is 1. The summed E-state index contributed by atoms with van der Waals surface area (Å²) in [4.78, 5) is 12.1. The van der Waals surface area contributed by atoms with Gasteiger partial charge < -0.3 is 10.6 Å². The van der Waals surface area contributed by atoms with Crippen molar-refractivity contribution in [2.45, 2.75) is 25.2 Å². The highest BCUT2D eigenvalue weighted by molar-refractivity contribution is 9.10. The Morgan fingerprint density at radius 2 is 1.91 bits per heavy atom. The molecule has 0 aromatic heterocycles. The third-order valence-corrected chi connectivity index (χ3v) is 5.18. The van der Waals surface area contributed by atoms with Crippen molar-refractivity contribution in [2.24, 2.45) is 0 Å². The number of urea groups is 1. The molecule has 0 atom stereocenters. The molecule has 1 aliphatic carbocycles. The van der Waals surface area contributed by atoms with Gasteiger partial charge in [-0.2, -0.15) is 0 Å². The summed E-state index contributed by atoms with van der Waals surface area (Å²) in [7, 11) is 0. The smallest absolute Gasteiger partial charge is 0.319 e. The zero-order valence-electron chi connectivity index (χ0n) is 12.8. The minimum atomic E-state index is -0.185. The fraction of sp³-hybridized carbons (Fsp3) is 0.278. The summed E-state index contributed by atoms with van der Waals surface area (Å²) < 4.78 is 0.881. The molecule has 120 valence electrons. The van der Waals surface area contributed by atoms with Crippen molar-refractivity contribution >= 4 is 39.2 Å². The number of hydrogen-bond acceptors (Lipinski definition) is 1. The third-order valence-electron chi connectivity index (χ3n) is 4.27. The van der Waals surface area contributed by atoms with E-state index in [-0.39, 0.29) is 11.4 Å². The van der Waals surface area contributed by atoms with Crippen LogP contribution in [-0.4, -0.2) is 12.6 Å². The summed E-state index contributed by atoms with van der Waals surface area (Å²) in [6, 6.07) is 13.6. The maximum Gasteiger partial charge on any atom is 0.319 e. The molecule has 0 radical (unpaired) electrons. The Morgan fingerprint density at radius 1 is 1.22 bits per heavy atom. The van der Waals surface area contributed by atoms with Crippen LogP contribution < -0.4 is 10.6 Å². The third kappa shape index (κ3) is 3.88. The quantitative estimate of drug-likeness (QED) is 0.730. The van der Waals surface area contributed by atoms with Gasteiger partial charge in [0.25, 0.3) is 0 Å². The minimum Gasteiger partial charge on any atom is -0.337 e. The van der Waals surface area contributed by atoms with Crippen molar-refractivity contribution in [2.75, 3.05) is 11.9 Å². The average molecular weight is 394 g/mol. The Labute approximate surface area is 149 Å². The van der Waals surface area contributed by atoms with Crippen LogP contribution in [0.1, 0.15) is 24.0 Å². The van der Waals surface area contributed by atoms with Gasteiger partial charge >= 0.3 is 6.03 Å². The van der Waals surface area contributed by atoms with E-state index >= 15 is 0 Å². The number of halogens is 2. The van der Waals surface area contributed by atoms with Gasteiger partial charge in [0, 0.05) is 21.5 Å². The molecule has 2 N–H and O–H groups in total. The van der Waals surface area contributed by atoms with Crippen molar-refractivity contribution in [1.82, 2.24) is 5.32 Å². The van der Waals surface area contributed by atoms with Gasteiger partial charge in [-0.15, -0.1) is 0 Å². The first kappa shape index (κ1) is 16.3. The van der Waals surface area contributed by atoms with E-state index in [2.05, 4.69) is 26.6 Å². The fourth-order valence-corrected chi connectivity index (χ4v) is 3.38. The van der Waals surface area contributed by atoms with Gasteiger partial charge in [-0.3, -0.25) is 0 Å². The lowest BCUT2D eigenvalue weighted by Gasteiger charge is -2.17. The van der Waals surface area contributed by atoms with Gasteiger partial charge in [0.2, 0.25) is 0 Å². The van der Waals surface area contributed by atoms with Crippen molar-refractivity contribution < 1.29 is 4.79 Å². The monoisotopic (exact) mass is 392 g/mol. The van der Waals surface area contributed by atoms with Crippen molar-refractivity contribution in [3.8, 4) is 0 Å². The molecule has 2 aromatic carbocycles. The van der Waals surface area contributed by atoms with Crippen LogP contribution in [0.25, 0.3) is 0 Å². The molecule has 5 heteroatoms.